The molecule has 0 bridgehead atoms. The van der Waals surface area contributed by atoms with Gasteiger partial charge in [0.15, 0.2) is 0 Å². The van der Waals surface area contributed by atoms with Gasteiger partial charge >= 0.3 is 7.12 Å². The molecule has 0 amide bonds. The van der Waals surface area contributed by atoms with E-state index in [1.807, 2.05) is 33.7 Å². The first-order valence-corrected chi connectivity index (χ1v) is 5.81. The molecular formula is C11H17B2NO2. The van der Waals surface area contributed by atoms with Crippen LogP contribution in [0.1, 0.15) is 34.1 Å². The lowest BCUT2D eigenvalue weighted by molar-refractivity contribution is 0.00578. The first-order valence-electron chi connectivity index (χ1n) is 5.81. The van der Waals surface area contributed by atoms with E-state index < -0.39 is 0 Å². The second kappa shape index (κ2) is 3.65. The highest BCUT2D eigenvalue weighted by atomic mass is 16.7. The third-order valence-electron chi connectivity index (χ3n) is 3.88. The van der Waals surface area contributed by atoms with Gasteiger partial charge in [0.1, 0.15) is 0 Å². The summed E-state index contributed by atoms with van der Waals surface area (Å²) in [7, 11) is -0.261. The Bertz CT molecular complexity index is 355. The van der Waals surface area contributed by atoms with Gasteiger partial charge in [-0.15, -0.1) is 5.98 Å². The monoisotopic (exact) mass is 217 g/mol. The van der Waals surface area contributed by atoms with Crippen molar-refractivity contribution in [1.82, 2.24) is 0 Å². The lowest BCUT2D eigenvalue weighted by Crippen LogP contribution is -2.41. The van der Waals surface area contributed by atoms with Gasteiger partial charge in [0, 0.05) is 5.97 Å². The Kier molecular flexibility index (Phi) is 2.68. The molecule has 0 radical (unpaired) electrons. The fourth-order valence-electron chi connectivity index (χ4n) is 2.04. The summed E-state index contributed by atoms with van der Waals surface area (Å²) < 4.78 is 11.9. The molecule has 0 N–H and O–H groups in total. The van der Waals surface area contributed by atoms with Crippen LogP contribution in [-0.4, -0.2) is 25.0 Å². The van der Waals surface area contributed by atoms with Gasteiger partial charge in [-0.2, -0.15) is 0 Å². The molecule has 0 aromatic rings. The number of hydrogen-bond acceptors (Lipinski definition) is 3. The molecule has 2 heterocycles. The van der Waals surface area contributed by atoms with E-state index in [0.29, 0.717) is 0 Å². The lowest BCUT2D eigenvalue weighted by Gasteiger charge is -2.32. The van der Waals surface area contributed by atoms with E-state index in [4.69, 9.17) is 14.6 Å². The normalized spacial score (nSPS) is 26.8. The van der Waals surface area contributed by atoms with Crippen molar-refractivity contribution in [2.24, 2.45) is 0 Å². The summed E-state index contributed by atoms with van der Waals surface area (Å²) in [5.74, 6) is 4.27. The Morgan fingerprint density at radius 1 is 1.25 bits per heavy atom. The van der Waals surface area contributed by atoms with Gasteiger partial charge < -0.3 is 9.31 Å². The third kappa shape index (κ3) is 1.81. The van der Waals surface area contributed by atoms with Gasteiger partial charge in [0.2, 0.25) is 0 Å². The summed E-state index contributed by atoms with van der Waals surface area (Å²) in [4.78, 5) is 0. The predicted octanol–water partition coefficient (Wildman–Crippen LogP) is 2.04. The molecule has 0 aromatic carbocycles. The molecule has 0 saturated carbocycles. The maximum atomic E-state index is 8.86. The lowest BCUT2D eigenvalue weighted by atomic mass is 9.51. The van der Waals surface area contributed by atoms with E-state index >= 15 is 0 Å². The van der Waals surface area contributed by atoms with Crippen molar-refractivity contribution in [1.29, 1.82) is 5.26 Å². The summed E-state index contributed by atoms with van der Waals surface area (Å²) >= 11 is 0. The summed E-state index contributed by atoms with van der Waals surface area (Å²) in [5.41, 5.74) is 0.553. The number of allylic oxidation sites excluding steroid dienone is 1. The van der Waals surface area contributed by atoms with Crippen molar-refractivity contribution in [3.05, 3.63) is 11.4 Å². The molecule has 0 atom stereocenters. The van der Waals surface area contributed by atoms with Crippen LogP contribution in [0.15, 0.2) is 11.4 Å². The van der Waals surface area contributed by atoms with Crippen molar-refractivity contribution >= 4 is 13.8 Å². The summed E-state index contributed by atoms with van der Waals surface area (Å²) in [5, 5.41) is 8.86. The third-order valence-corrected chi connectivity index (χ3v) is 3.88. The molecular weight excluding hydrogens is 200 g/mol. The fourth-order valence-corrected chi connectivity index (χ4v) is 2.04. The van der Waals surface area contributed by atoms with E-state index in [1.54, 1.807) is 0 Å². The second-order valence-electron chi connectivity index (χ2n) is 5.60. The van der Waals surface area contributed by atoms with Gasteiger partial charge in [-0.25, -0.2) is 5.26 Å². The average Bonchev–Trinajstić information content (AvgIpc) is 2.70. The molecule has 84 valence electrons. The zero-order chi connectivity index (χ0) is 12.0. The highest BCUT2D eigenvalue weighted by Gasteiger charge is 2.52. The first-order chi connectivity index (χ1) is 7.36. The van der Waals surface area contributed by atoms with Gasteiger partial charge in [-0.05, 0) is 34.1 Å². The van der Waals surface area contributed by atoms with Crippen LogP contribution in [0.2, 0.25) is 6.32 Å². The quantitative estimate of drug-likeness (QED) is 0.631. The van der Waals surface area contributed by atoms with Crippen molar-refractivity contribution in [3.8, 4) is 5.97 Å². The highest BCUT2D eigenvalue weighted by Crippen LogP contribution is 2.40. The van der Waals surface area contributed by atoms with Crippen LogP contribution in [0, 0.1) is 11.2 Å². The maximum Gasteiger partial charge on any atom is 0.489 e. The van der Waals surface area contributed by atoms with Crippen LogP contribution in [0.3, 0.4) is 0 Å². The van der Waals surface area contributed by atoms with Gasteiger partial charge in [-0.3, -0.25) is 0 Å². The van der Waals surface area contributed by atoms with Crippen LogP contribution >= 0.6 is 0 Å². The molecule has 2 aliphatic heterocycles. The molecule has 0 unspecified atom stereocenters. The topological polar surface area (TPSA) is 42.2 Å². The largest absolute Gasteiger partial charge is 0.489 e. The Morgan fingerprint density at radius 2 is 1.81 bits per heavy atom. The van der Waals surface area contributed by atoms with Crippen LogP contribution in [0.25, 0.3) is 0 Å². The molecule has 16 heavy (non-hydrogen) atoms. The Morgan fingerprint density at radius 3 is 2.25 bits per heavy atom. The molecule has 0 aliphatic carbocycles. The minimum atomic E-state index is -0.288. The Hall–Kier alpha value is -0.720. The van der Waals surface area contributed by atoms with E-state index in [9.17, 15) is 0 Å². The molecule has 5 heteroatoms. The highest BCUT2D eigenvalue weighted by molar-refractivity contribution is 6.75. The number of rotatable bonds is 1. The average molecular weight is 217 g/mol. The van der Waals surface area contributed by atoms with Crippen LogP contribution < -0.4 is 0 Å². The number of hydrogen-bond donors (Lipinski definition) is 0. The Labute approximate surface area is 98.0 Å². The minimum Gasteiger partial charge on any atom is -0.400 e. The first kappa shape index (κ1) is 11.8. The molecule has 1 fully saturated rings. The van der Waals surface area contributed by atoms with E-state index in [-0.39, 0.29) is 25.0 Å². The fraction of sp³-hybridized carbons (Fsp3) is 0.727. The molecule has 3 nitrogen and oxygen atoms in total. The zero-order valence-corrected chi connectivity index (χ0v) is 10.4. The Balaban J connectivity index is 2.13. The predicted molar refractivity (Wildman–Crippen MR) is 65.0 cm³/mol. The van der Waals surface area contributed by atoms with Crippen molar-refractivity contribution in [2.75, 3.05) is 0 Å². The smallest absolute Gasteiger partial charge is 0.400 e. The zero-order valence-electron chi connectivity index (χ0n) is 10.4. The van der Waals surface area contributed by atoms with Crippen LogP contribution in [-0.2, 0) is 9.31 Å². The van der Waals surface area contributed by atoms with Crippen molar-refractivity contribution in [3.63, 3.8) is 0 Å². The molecule has 2 rings (SSSR count). The number of nitrogens with zero attached hydrogens (tertiary/aromatic N) is 1. The van der Waals surface area contributed by atoms with E-state index in [2.05, 4.69) is 5.97 Å². The standard InChI is InChI=1S/C11H17B2NO2/c1-10(2)11(3,4)16-13(15-10)9-5-6-12(7-9)8-14/h7H,5-6H2,1-4H3. The second-order valence-corrected chi connectivity index (χ2v) is 5.60. The van der Waals surface area contributed by atoms with E-state index in [1.165, 1.54) is 0 Å². The van der Waals surface area contributed by atoms with Gasteiger partial charge in [0.05, 0.1) is 11.2 Å². The molecule has 2 aliphatic rings. The van der Waals surface area contributed by atoms with Crippen LogP contribution in [0.5, 0.6) is 0 Å². The van der Waals surface area contributed by atoms with Crippen LogP contribution in [0.4, 0.5) is 0 Å². The SMILES string of the molecule is CC1(C)OB(C2=CB(C#N)CC2)OC1(C)C. The molecule has 1 saturated heterocycles. The molecule has 0 spiro atoms. The number of nitriles is 1. The van der Waals surface area contributed by atoms with Crippen molar-refractivity contribution in [2.45, 2.75) is 51.6 Å². The summed E-state index contributed by atoms with van der Waals surface area (Å²) in [6.45, 7) is 8.22. The summed E-state index contributed by atoms with van der Waals surface area (Å²) in [6.07, 6.45) is 1.81. The summed E-state index contributed by atoms with van der Waals surface area (Å²) in [6, 6.07) is 0. The van der Waals surface area contributed by atoms with Crippen molar-refractivity contribution < 1.29 is 9.31 Å². The maximum absolute atomic E-state index is 8.86. The molecule has 0 aromatic heterocycles. The van der Waals surface area contributed by atoms with Gasteiger partial charge in [0.25, 0.3) is 6.71 Å². The minimum absolute atomic E-state index is 0.0361. The van der Waals surface area contributed by atoms with Gasteiger partial charge in [-0.1, -0.05) is 11.8 Å². The van der Waals surface area contributed by atoms with E-state index in [0.717, 1.165) is 18.2 Å².